The van der Waals surface area contributed by atoms with Gasteiger partial charge in [0.25, 0.3) is 5.91 Å². The fraction of sp³-hybridized carbons (Fsp3) is 0.625. The van der Waals surface area contributed by atoms with Crippen LogP contribution in [0.25, 0.3) is 0 Å². The van der Waals surface area contributed by atoms with E-state index in [0.29, 0.717) is 12.1 Å². The molecule has 0 bridgehead atoms. The smallest absolute Gasteiger partial charge is 0.426 e. The summed E-state index contributed by atoms with van der Waals surface area (Å²) in [6.07, 6.45) is -0.963. The van der Waals surface area contributed by atoms with Gasteiger partial charge in [-0.15, -0.1) is 0 Å². The molecule has 3 amide bonds. The van der Waals surface area contributed by atoms with Crippen LogP contribution in [0.4, 0.5) is 14.7 Å². The van der Waals surface area contributed by atoms with E-state index in [1.807, 2.05) is 6.92 Å². The summed E-state index contributed by atoms with van der Waals surface area (Å²) in [6, 6.07) is 0. The van der Waals surface area contributed by atoms with Gasteiger partial charge < -0.3 is 9.47 Å². The Hall–Kier alpha value is -2.36. The van der Waals surface area contributed by atoms with Gasteiger partial charge in [0.15, 0.2) is 5.13 Å². The standard InChI is InChI=1S/C16H26N4O5S/c1-8-9-10(11(21)19-20-14(23)25-16(5,6)7)26-12(17-9)18-13(22)24-15(2,3)4/h8H2,1-7H3,(H,19,21)(H,20,23)(H,17,18,22). The highest BCUT2D eigenvalue weighted by Gasteiger charge is 2.22. The molecule has 26 heavy (non-hydrogen) atoms. The number of hydrazine groups is 1. The lowest BCUT2D eigenvalue weighted by Gasteiger charge is -2.19. The van der Waals surface area contributed by atoms with Crippen LogP contribution in [-0.4, -0.2) is 34.3 Å². The molecule has 0 unspecified atom stereocenters. The van der Waals surface area contributed by atoms with Crippen molar-refractivity contribution in [1.29, 1.82) is 0 Å². The molecule has 0 atom stereocenters. The molecule has 0 saturated carbocycles. The Labute approximate surface area is 156 Å². The molecule has 0 radical (unpaired) electrons. The number of aromatic nitrogens is 1. The van der Waals surface area contributed by atoms with Gasteiger partial charge in [-0.1, -0.05) is 18.3 Å². The van der Waals surface area contributed by atoms with Crippen molar-refractivity contribution in [3.63, 3.8) is 0 Å². The Balaban J connectivity index is 2.74. The third kappa shape index (κ3) is 7.68. The SMILES string of the molecule is CCc1nc(NC(=O)OC(C)(C)C)sc1C(=O)NNC(=O)OC(C)(C)C. The van der Waals surface area contributed by atoms with E-state index in [1.54, 1.807) is 41.5 Å². The molecule has 10 heteroatoms. The Morgan fingerprint density at radius 2 is 1.50 bits per heavy atom. The quantitative estimate of drug-likeness (QED) is 0.686. The molecule has 0 aromatic carbocycles. The highest BCUT2D eigenvalue weighted by Crippen LogP contribution is 2.24. The second-order valence-corrected chi connectivity index (χ2v) is 8.36. The van der Waals surface area contributed by atoms with E-state index >= 15 is 0 Å². The maximum atomic E-state index is 12.3. The van der Waals surface area contributed by atoms with Gasteiger partial charge in [0.05, 0.1) is 5.69 Å². The van der Waals surface area contributed by atoms with Crippen molar-refractivity contribution < 1.29 is 23.9 Å². The highest BCUT2D eigenvalue weighted by atomic mass is 32.1. The molecule has 1 aromatic rings. The number of thiazole rings is 1. The van der Waals surface area contributed by atoms with Gasteiger partial charge in [-0.25, -0.2) is 20.0 Å². The zero-order chi connectivity index (χ0) is 20.1. The summed E-state index contributed by atoms with van der Waals surface area (Å²) in [6.45, 7) is 12.2. The fourth-order valence-electron chi connectivity index (χ4n) is 1.68. The van der Waals surface area contributed by atoms with E-state index in [0.717, 1.165) is 11.3 Å². The monoisotopic (exact) mass is 386 g/mol. The van der Waals surface area contributed by atoms with Crippen LogP contribution in [0.2, 0.25) is 0 Å². The number of carbonyl (C=O) groups excluding carboxylic acids is 3. The Morgan fingerprint density at radius 1 is 0.962 bits per heavy atom. The van der Waals surface area contributed by atoms with Crippen molar-refractivity contribution >= 4 is 34.6 Å². The number of nitrogens with zero attached hydrogens (tertiary/aromatic N) is 1. The Kier molecular flexibility index (Phi) is 6.96. The number of hydrogen-bond acceptors (Lipinski definition) is 7. The molecule has 0 spiro atoms. The minimum atomic E-state index is -0.777. The second kappa shape index (κ2) is 8.35. The van der Waals surface area contributed by atoms with Crippen LogP contribution in [0.15, 0.2) is 0 Å². The first-order valence-electron chi connectivity index (χ1n) is 8.09. The molecule has 1 aromatic heterocycles. The van der Waals surface area contributed by atoms with Crippen LogP contribution in [0.1, 0.15) is 63.8 Å². The number of anilines is 1. The van der Waals surface area contributed by atoms with E-state index in [4.69, 9.17) is 9.47 Å². The van der Waals surface area contributed by atoms with Gasteiger partial charge in [0, 0.05) is 0 Å². The van der Waals surface area contributed by atoms with E-state index in [9.17, 15) is 14.4 Å². The van der Waals surface area contributed by atoms with Crippen LogP contribution < -0.4 is 16.2 Å². The minimum Gasteiger partial charge on any atom is -0.444 e. The molecule has 146 valence electrons. The number of carbonyl (C=O) groups is 3. The topological polar surface area (TPSA) is 119 Å². The van der Waals surface area contributed by atoms with Gasteiger partial charge in [-0.05, 0) is 48.0 Å². The van der Waals surface area contributed by atoms with Crippen LogP contribution in [-0.2, 0) is 15.9 Å². The molecule has 0 aliphatic heterocycles. The fourth-order valence-corrected chi connectivity index (χ4v) is 2.62. The number of rotatable bonds is 3. The summed E-state index contributed by atoms with van der Waals surface area (Å²) >= 11 is 0.984. The molecule has 1 rings (SSSR count). The third-order valence-electron chi connectivity index (χ3n) is 2.52. The molecule has 0 aliphatic rings. The molecule has 0 aliphatic carbocycles. The first-order chi connectivity index (χ1) is 11.8. The van der Waals surface area contributed by atoms with Gasteiger partial charge >= 0.3 is 12.2 Å². The predicted octanol–water partition coefficient (Wildman–Crippen LogP) is 3.22. The maximum absolute atomic E-state index is 12.3. The Morgan fingerprint density at radius 3 is 2.00 bits per heavy atom. The van der Waals surface area contributed by atoms with Crippen molar-refractivity contribution in [2.45, 2.75) is 66.1 Å². The number of amides is 3. The first-order valence-corrected chi connectivity index (χ1v) is 8.91. The van der Waals surface area contributed by atoms with Crippen molar-refractivity contribution in [2.24, 2.45) is 0 Å². The highest BCUT2D eigenvalue weighted by molar-refractivity contribution is 7.17. The zero-order valence-electron chi connectivity index (χ0n) is 16.1. The summed E-state index contributed by atoms with van der Waals surface area (Å²) in [7, 11) is 0. The summed E-state index contributed by atoms with van der Waals surface area (Å²) in [5.74, 6) is -0.553. The van der Waals surface area contributed by atoms with Gasteiger partial charge in [-0.2, -0.15) is 0 Å². The predicted molar refractivity (Wildman–Crippen MR) is 98.2 cm³/mol. The van der Waals surface area contributed by atoms with Crippen LogP contribution in [0.3, 0.4) is 0 Å². The summed E-state index contributed by atoms with van der Waals surface area (Å²) in [4.78, 5) is 40.2. The van der Waals surface area contributed by atoms with E-state index < -0.39 is 29.3 Å². The number of aryl methyl sites for hydroxylation is 1. The normalized spacial score (nSPS) is 11.5. The van der Waals surface area contributed by atoms with Gasteiger partial charge in [0.1, 0.15) is 16.1 Å². The second-order valence-electron chi connectivity index (χ2n) is 7.36. The van der Waals surface area contributed by atoms with Crippen molar-refractivity contribution in [2.75, 3.05) is 5.32 Å². The Bertz CT molecular complexity index is 673. The van der Waals surface area contributed by atoms with Gasteiger partial charge in [0.2, 0.25) is 0 Å². The summed E-state index contributed by atoms with van der Waals surface area (Å²) < 4.78 is 10.2. The van der Waals surface area contributed by atoms with Crippen LogP contribution in [0.5, 0.6) is 0 Å². The van der Waals surface area contributed by atoms with Crippen molar-refractivity contribution in [3.8, 4) is 0 Å². The lowest BCUT2D eigenvalue weighted by atomic mass is 10.2. The largest absolute Gasteiger partial charge is 0.444 e. The van der Waals surface area contributed by atoms with E-state index in [2.05, 4.69) is 21.2 Å². The average Bonchev–Trinajstić information content (AvgIpc) is 2.83. The minimum absolute atomic E-state index is 0.235. The average molecular weight is 386 g/mol. The van der Waals surface area contributed by atoms with Crippen molar-refractivity contribution in [3.05, 3.63) is 10.6 Å². The number of ether oxygens (including phenoxy) is 2. The zero-order valence-corrected chi connectivity index (χ0v) is 16.9. The first kappa shape index (κ1) is 21.7. The van der Waals surface area contributed by atoms with E-state index in [1.165, 1.54) is 0 Å². The van der Waals surface area contributed by atoms with Crippen molar-refractivity contribution in [1.82, 2.24) is 15.8 Å². The van der Waals surface area contributed by atoms with Crippen LogP contribution in [0, 0.1) is 0 Å². The lowest BCUT2D eigenvalue weighted by Crippen LogP contribution is -2.44. The maximum Gasteiger partial charge on any atom is 0.426 e. The molecular formula is C16H26N4O5S. The number of hydrogen-bond donors (Lipinski definition) is 3. The number of nitrogens with one attached hydrogen (secondary N) is 3. The summed E-state index contributed by atoms with van der Waals surface area (Å²) in [5.41, 5.74) is 3.60. The molecule has 0 saturated heterocycles. The van der Waals surface area contributed by atoms with Gasteiger partial charge in [-0.3, -0.25) is 15.5 Å². The third-order valence-corrected chi connectivity index (χ3v) is 3.54. The molecule has 1 heterocycles. The lowest BCUT2D eigenvalue weighted by molar-refractivity contribution is 0.0483. The molecular weight excluding hydrogens is 360 g/mol. The molecule has 3 N–H and O–H groups in total. The molecule has 0 fully saturated rings. The van der Waals surface area contributed by atoms with E-state index in [-0.39, 0.29) is 10.0 Å². The molecule has 9 nitrogen and oxygen atoms in total. The van der Waals surface area contributed by atoms with Crippen LogP contribution >= 0.6 is 11.3 Å². The summed E-state index contributed by atoms with van der Waals surface area (Å²) in [5, 5.41) is 2.73.